The number of hydrogen-bond donors (Lipinski definition) is 2. The number of rotatable bonds is 0. The predicted octanol–water partition coefficient (Wildman–Crippen LogP) is 3.99. The molecule has 2 N–H and O–H groups in total. The van der Waals surface area contributed by atoms with Crippen LogP contribution < -0.4 is 10.6 Å². The molecule has 4 rings (SSSR count). The van der Waals surface area contributed by atoms with Crippen molar-refractivity contribution in [1.29, 1.82) is 0 Å². The van der Waals surface area contributed by atoms with E-state index in [2.05, 4.69) is 62.4 Å². The zero-order valence-electron chi connectivity index (χ0n) is 12.4. The molecular formula is C17H16ClIN4. The molecule has 0 aromatic heterocycles. The van der Waals surface area contributed by atoms with Crippen LogP contribution in [0.3, 0.4) is 0 Å². The fourth-order valence-corrected chi connectivity index (χ4v) is 3.71. The summed E-state index contributed by atoms with van der Waals surface area (Å²) in [4.78, 5) is 7.31. The zero-order chi connectivity index (χ0) is 15.8. The summed E-state index contributed by atoms with van der Waals surface area (Å²) in [7, 11) is 0. The van der Waals surface area contributed by atoms with Crippen LogP contribution in [0.1, 0.15) is 5.56 Å². The largest absolute Gasteiger partial charge is 0.353 e. The number of benzene rings is 2. The molecule has 2 heterocycles. The van der Waals surface area contributed by atoms with E-state index in [4.69, 9.17) is 16.6 Å². The molecular weight excluding hydrogens is 423 g/mol. The number of piperazine rings is 1. The zero-order valence-corrected chi connectivity index (χ0v) is 15.4. The fourth-order valence-electron chi connectivity index (χ4n) is 2.98. The highest BCUT2D eigenvalue weighted by Gasteiger charge is 2.24. The van der Waals surface area contributed by atoms with Crippen LogP contribution in [0.15, 0.2) is 41.4 Å². The summed E-state index contributed by atoms with van der Waals surface area (Å²) in [6.45, 7) is 3.79. The highest BCUT2D eigenvalue weighted by Crippen LogP contribution is 2.38. The molecule has 23 heavy (non-hydrogen) atoms. The van der Waals surface area contributed by atoms with Crippen LogP contribution >= 0.6 is 34.2 Å². The summed E-state index contributed by atoms with van der Waals surface area (Å²) in [6.07, 6.45) is 0. The van der Waals surface area contributed by atoms with Crippen LogP contribution in [-0.4, -0.2) is 36.9 Å². The Bertz CT molecular complexity index is 784. The van der Waals surface area contributed by atoms with Crippen molar-refractivity contribution in [2.45, 2.75) is 0 Å². The molecule has 1 saturated heterocycles. The van der Waals surface area contributed by atoms with Crippen LogP contribution in [0.2, 0.25) is 5.02 Å². The average Bonchev–Trinajstić information content (AvgIpc) is 2.73. The Labute approximate surface area is 154 Å². The molecule has 0 amide bonds. The lowest BCUT2D eigenvalue weighted by molar-refractivity contribution is 0.358. The van der Waals surface area contributed by atoms with Gasteiger partial charge in [-0.25, -0.2) is 4.99 Å². The number of nitrogens with zero attached hydrogens (tertiary/aromatic N) is 2. The minimum Gasteiger partial charge on any atom is -0.353 e. The first-order valence-electron chi connectivity index (χ1n) is 7.62. The van der Waals surface area contributed by atoms with Gasteiger partial charge in [0, 0.05) is 29.7 Å². The van der Waals surface area contributed by atoms with Crippen molar-refractivity contribution >= 4 is 57.1 Å². The maximum Gasteiger partial charge on any atom is 0.140 e. The predicted molar refractivity (Wildman–Crippen MR) is 105 cm³/mol. The van der Waals surface area contributed by atoms with E-state index in [1.165, 1.54) is 3.57 Å². The molecule has 0 spiro atoms. The van der Waals surface area contributed by atoms with Gasteiger partial charge in [0.15, 0.2) is 0 Å². The highest BCUT2D eigenvalue weighted by molar-refractivity contribution is 14.1. The number of anilines is 2. The molecule has 1 fully saturated rings. The second kappa shape index (κ2) is 6.30. The van der Waals surface area contributed by atoms with Crippen molar-refractivity contribution in [2.75, 3.05) is 31.5 Å². The maximum absolute atomic E-state index is 6.54. The quantitative estimate of drug-likeness (QED) is 0.611. The van der Waals surface area contributed by atoms with Gasteiger partial charge in [-0.05, 0) is 52.9 Å². The highest BCUT2D eigenvalue weighted by atomic mass is 127. The Hall–Kier alpha value is -1.31. The molecule has 0 atom stereocenters. The summed E-state index contributed by atoms with van der Waals surface area (Å²) >= 11 is 8.86. The lowest BCUT2D eigenvalue weighted by Gasteiger charge is -2.31. The van der Waals surface area contributed by atoms with Gasteiger partial charge in [0.2, 0.25) is 0 Å². The van der Waals surface area contributed by atoms with Crippen molar-refractivity contribution in [3.63, 3.8) is 0 Å². The van der Waals surface area contributed by atoms with E-state index in [-0.39, 0.29) is 0 Å². The second-order valence-corrected chi connectivity index (χ2v) is 7.27. The Morgan fingerprint density at radius 3 is 2.74 bits per heavy atom. The fraction of sp³-hybridized carbons (Fsp3) is 0.235. The third kappa shape index (κ3) is 2.93. The average molecular weight is 439 g/mol. The monoisotopic (exact) mass is 438 g/mol. The van der Waals surface area contributed by atoms with Crippen LogP contribution in [0.5, 0.6) is 0 Å². The normalized spacial score (nSPS) is 16.8. The van der Waals surface area contributed by atoms with E-state index in [1.54, 1.807) is 0 Å². The van der Waals surface area contributed by atoms with Crippen LogP contribution in [0, 0.1) is 3.57 Å². The molecule has 2 aromatic carbocycles. The smallest absolute Gasteiger partial charge is 0.140 e. The van der Waals surface area contributed by atoms with Gasteiger partial charge >= 0.3 is 0 Å². The van der Waals surface area contributed by atoms with Crippen molar-refractivity contribution in [1.82, 2.24) is 10.2 Å². The second-order valence-electron chi connectivity index (χ2n) is 5.62. The minimum atomic E-state index is 0.731. The molecule has 0 saturated carbocycles. The molecule has 118 valence electrons. The van der Waals surface area contributed by atoms with Gasteiger partial charge in [0.25, 0.3) is 0 Å². The summed E-state index contributed by atoms with van der Waals surface area (Å²) in [5.41, 5.74) is 3.97. The molecule has 2 aliphatic rings. The van der Waals surface area contributed by atoms with Crippen LogP contribution in [-0.2, 0) is 0 Å². The molecule has 4 nitrogen and oxygen atoms in total. The Morgan fingerprint density at radius 2 is 1.91 bits per heavy atom. The summed E-state index contributed by atoms with van der Waals surface area (Å²) < 4.78 is 1.17. The first-order valence-corrected chi connectivity index (χ1v) is 9.08. The first-order chi connectivity index (χ1) is 11.2. The Balaban J connectivity index is 1.92. The van der Waals surface area contributed by atoms with Gasteiger partial charge in [0.1, 0.15) is 5.84 Å². The third-order valence-corrected chi connectivity index (χ3v) is 5.10. The van der Waals surface area contributed by atoms with Gasteiger partial charge < -0.3 is 15.5 Å². The van der Waals surface area contributed by atoms with Crippen LogP contribution in [0.4, 0.5) is 17.1 Å². The lowest BCUT2D eigenvalue weighted by Crippen LogP contribution is -2.46. The van der Waals surface area contributed by atoms with Gasteiger partial charge in [0.05, 0.1) is 27.6 Å². The molecule has 0 radical (unpaired) electrons. The van der Waals surface area contributed by atoms with E-state index < -0.39 is 0 Å². The molecule has 0 aliphatic carbocycles. The molecule has 6 heteroatoms. The number of aliphatic imine (C=N–C) groups is 1. The Kier molecular flexibility index (Phi) is 4.17. The number of nitrogens with one attached hydrogen (secondary N) is 2. The molecule has 2 aromatic rings. The lowest BCUT2D eigenvalue weighted by atomic mass is 10.1. The van der Waals surface area contributed by atoms with Gasteiger partial charge in [-0.3, -0.25) is 0 Å². The topological polar surface area (TPSA) is 39.7 Å². The van der Waals surface area contributed by atoms with Crippen molar-refractivity contribution in [3.05, 3.63) is 50.6 Å². The van der Waals surface area contributed by atoms with Crippen molar-refractivity contribution in [2.24, 2.45) is 4.99 Å². The van der Waals surface area contributed by atoms with Crippen molar-refractivity contribution in [3.8, 4) is 0 Å². The Morgan fingerprint density at radius 1 is 1.09 bits per heavy atom. The number of amidine groups is 1. The van der Waals surface area contributed by atoms with Crippen molar-refractivity contribution < 1.29 is 0 Å². The number of fused-ring (bicyclic) bond motifs is 2. The third-order valence-electron chi connectivity index (χ3n) is 4.11. The molecule has 0 bridgehead atoms. The van der Waals surface area contributed by atoms with Gasteiger partial charge in [-0.1, -0.05) is 17.7 Å². The van der Waals surface area contributed by atoms with E-state index in [9.17, 15) is 0 Å². The van der Waals surface area contributed by atoms with E-state index in [1.807, 2.05) is 12.1 Å². The molecule has 0 unspecified atom stereocenters. The summed E-state index contributed by atoms with van der Waals surface area (Å²) in [5, 5.41) is 7.62. The van der Waals surface area contributed by atoms with Crippen LogP contribution in [0.25, 0.3) is 0 Å². The summed E-state index contributed by atoms with van der Waals surface area (Å²) in [6, 6.07) is 12.2. The van der Waals surface area contributed by atoms with Gasteiger partial charge in [-0.2, -0.15) is 0 Å². The molecule has 2 aliphatic heterocycles. The minimum absolute atomic E-state index is 0.731. The van der Waals surface area contributed by atoms with E-state index in [0.29, 0.717) is 0 Å². The SMILES string of the molecule is Clc1cccc2c1C(N1CCNCC1)=Nc1cc(I)ccc1N2. The number of hydrogen-bond acceptors (Lipinski definition) is 4. The van der Waals surface area contributed by atoms with E-state index in [0.717, 1.165) is 59.7 Å². The summed E-state index contributed by atoms with van der Waals surface area (Å²) in [5.74, 6) is 0.959. The maximum atomic E-state index is 6.54. The standard InChI is InChI=1S/C17H16ClIN4/c18-12-2-1-3-14-16(12)17(23-8-6-20-7-9-23)22-15-10-11(19)4-5-13(15)21-14/h1-5,10,20-21H,6-9H2. The van der Waals surface area contributed by atoms with Gasteiger partial charge in [-0.15, -0.1) is 0 Å². The first kappa shape index (κ1) is 15.2. The van der Waals surface area contributed by atoms with E-state index >= 15 is 0 Å². The number of halogens is 2.